The number of guanidine groups is 1. The third kappa shape index (κ3) is 6.35. The number of rotatable bonds is 6. The van der Waals surface area contributed by atoms with Crippen LogP contribution in [0.1, 0.15) is 32.4 Å². The Hall–Kier alpha value is -1.75. The summed E-state index contributed by atoms with van der Waals surface area (Å²) < 4.78 is 0. The van der Waals surface area contributed by atoms with Crippen molar-refractivity contribution in [3.8, 4) is 0 Å². The van der Waals surface area contributed by atoms with E-state index in [4.69, 9.17) is 11.6 Å². The summed E-state index contributed by atoms with van der Waals surface area (Å²) in [7, 11) is 1.72. The van der Waals surface area contributed by atoms with Crippen molar-refractivity contribution in [1.29, 1.82) is 0 Å². The zero-order chi connectivity index (χ0) is 16.5. The van der Waals surface area contributed by atoms with E-state index < -0.39 is 0 Å². The summed E-state index contributed by atoms with van der Waals surface area (Å²) in [4.78, 5) is 15.6. The molecule has 1 aromatic rings. The van der Waals surface area contributed by atoms with E-state index in [1.807, 2.05) is 45.0 Å². The van der Waals surface area contributed by atoms with Gasteiger partial charge >= 0.3 is 0 Å². The van der Waals surface area contributed by atoms with E-state index in [0.29, 0.717) is 24.1 Å². The molecule has 0 aromatic heterocycles. The van der Waals surface area contributed by atoms with Crippen molar-refractivity contribution in [3.05, 3.63) is 34.9 Å². The highest BCUT2D eigenvalue weighted by molar-refractivity contribution is 6.30. The van der Waals surface area contributed by atoms with Gasteiger partial charge in [0.25, 0.3) is 0 Å². The van der Waals surface area contributed by atoms with Crippen LogP contribution in [0.2, 0.25) is 5.02 Å². The van der Waals surface area contributed by atoms with Crippen LogP contribution in [0.15, 0.2) is 29.3 Å². The average Bonchev–Trinajstić information content (AvgIpc) is 2.49. The zero-order valence-corrected chi connectivity index (χ0v) is 14.4. The van der Waals surface area contributed by atoms with E-state index in [9.17, 15) is 4.79 Å². The first kappa shape index (κ1) is 18.3. The summed E-state index contributed by atoms with van der Waals surface area (Å²) >= 11 is 6.00. The van der Waals surface area contributed by atoms with Crippen LogP contribution >= 0.6 is 11.6 Å². The summed E-state index contributed by atoms with van der Waals surface area (Å²) in [6.45, 7) is 6.95. The molecule has 0 aliphatic rings. The van der Waals surface area contributed by atoms with Gasteiger partial charge in [0, 0.05) is 31.1 Å². The smallest absolute Gasteiger partial charge is 0.222 e. The molecule has 22 heavy (non-hydrogen) atoms. The van der Waals surface area contributed by atoms with Crippen molar-refractivity contribution in [2.45, 2.75) is 26.8 Å². The number of carbonyl (C=O) groups is 1. The maximum atomic E-state index is 11.5. The first-order valence-corrected chi connectivity index (χ1v) is 7.82. The van der Waals surface area contributed by atoms with E-state index in [2.05, 4.69) is 20.9 Å². The molecule has 3 N–H and O–H groups in total. The highest BCUT2D eigenvalue weighted by Crippen LogP contribution is 2.16. The Labute approximate surface area is 137 Å². The van der Waals surface area contributed by atoms with Crippen molar-refractivity contribution in [1.82, 2.24) is 16.0 Å². The Morgan fingerprint density at radius 1 is 1.23 bits per heavy atom. The third-order valence-electron chi connectivity index (χ3n) is 3.17. The number of hydrogen-bond acceptors (Lipinski definition) is 2. The van der Waals surface area contributed by atoms with Gasteiger partial charge in [0.05, 0.1) is 6.04 Å². The molecule has 5 nitrogen and oxygen atoms in total. The Morgan fingerprint density at radius 3 is 2.50 bits per heavy atom. The minimum atomic E-state index is 0.000268. The van der Waals surface area contributed by atoms with Crippen LogP contribution < -0.4 is 16.0 Å². The molecule has 0 aliphatic carbocycles. The van der Waals surface area contributed by atoms with Gasteiger partial charge in [0.1, 0.15) is 0 Å². The van der Waals surface area contributed by atoms with Gasteiger partial charge in [-0.1, -0.05) is 37.6 Å². The molecule has 0 saturated carbocycles. The number of amides is 1. The molecular weight excluding hydrogens is 300 g/mol. The molecule has 122 valence electrons. The number of nitrogens with zero attached hydrogens (tertiary/aromatic N) is 1. The first-order chi connectivity index (χ1) is 10.4. The number of benzene rings is 1. The minimum absolute atomic E-state index is 0.000268. The van der Waals surface area contributed by atoms with Crippen molar-refractivity contribution in [3.63, 3.8) is 0 Å². The van der Waals surface area contributed by atoms with Gasteiger partial charge in [0.15, 0.2) is 5.96 Å². The summed E-state index contributed by atoms with van der Waals surface area (Å²) in [5.74, 6) is 0.739. The summed E-state index contributed by atoms with van der Waals surface area (Å²) in [5.41, 5.74) is 1.09. The van der Waals surface area contributed by atoms with E-state index in [-0.39, 0.29) is 17.9 Å². The van der Waals surface area contributed by atoms with Crippen LogP contribution in [-0.2, 0) is 4.79 Å². The molecule has 0 aliphatic heterocycles. The maximum Gasteiger partial charge on any atom is 0.222 e. The predicted octanol–water partition coefficient (Wildman–Crippen LogP) is 2.34. The summed E-state index contributed by atoms with van der Waals surface area (Å²) in [6.07, 6.45) is 0. The van der Waals surface area contributed by atoms with Gasteiger partial charge in [-0.3, -0.25) is 9.79 Å². The Balaban J connectivity index is 2.41. The van der Waals surface area contributed by atoms with Crippen molar-refractivity contribution in [2.24, 2.45) is 10.9 Å². The lowest BCUT2D eigenvalue weighted by Crippen LogP contribution is -2.42. The topological polar surface area (TPSA) is 65.5 Å². The summed E-state index contributed by atoms with van der Waals surface area (Å²) in [6, 6.07) is 7.79. The molecule has 1 amide bonds. The number of nitrogens with one attached hydrogen (secondary N) is 3. The van der Waals surface area contributed by atoms with Gasteiger partial charge in [-0.05, 0) is 24.6 Å². The molecule has 0 spiro atoms. The van der Waals surface area contributed by atoms with Crippen LogP contribution in [-0.4, -0.2) is 32.0 Å². The van der Waals surface area contributed by atoms with Gasteiger partial charge in [0.2, 0.25) is 5.91 Å². The van der Waals surface area contributed by atoms with Crippen LogP contribution in [0.25, 0.3) is 0 Å². The van der Waals surface area contributed by atoms with E-state index in [1.54, 1.807) is 7.05 Å². The lowest BCUT2D eigenvalue weighted by atomic mass is 10.1. The Kier molecular flexibility index (Phi) is 7.74. The second-order valence-corrected chi connectivity index (χ2v) is 5.80. The second-order valence-electron chi connectivity index (χ2n) is 5.37. The zero-order valence-electron chi connectivity index (χ0n) is 13.6. The number of halogens is 1. The molecule has 0 saturated heterocycles. The Morgan fingerprint density at radius 2 is 1.91 bits per heavy atom. The molecule has 6 heteroatoms. The summed E-state index contributed by atoms with van der Waals surface area (Å²) in [5, 5.41) is 10.0. The Bertz CT molecular complexity index is 517. The number of hydrogen-bond donors (Lipinski definition) is 3. The second kappa shape index (κ2) is 9.30. The molecule has 1 atom stereocenters. The standard InChI is InChI=1S/C16H25ClN4O/c1-11(2)15(22)19-8-9-20-16(18-4)21-12(3)13-6-5-7-14(17)10-13/h5-7,10-12H,8-9H2,1-4H3,(H,19,22)(H2,18,20,21). The molecule has 1 aromatic carbocycles. The van der Waals surface area contributed by atoms with Gasteiger partial charge in [-0.25, -0.2) is 0 Å². The molecule has 0 radical (unpaired) electrons. The molecule has 0 fully saturated rings. The van der Waals surface area contributed by atoms with Gasteiger partial charge in [-0.15, -0.1) is 0 Å². The number of aliphatic imine (C=N–C) groups is 1. The quantitative estimate of drug-likeness (QED) is 0.427. The van der Waals surface area contributed by atoms with Crippen molar-refractivity contribution in [2.75, 3.05) is 20.1 Å². The lowest BCUT2D eigenvalue weighted by Gasteiger charge is -2.18. The SMILES string of the molecule is CN=C(NCCNC(=O)C(C)C)NC(C)c1cccc(Cl)c1. The fourth-order valence-electron chi connectivity index (χ4n) is 1.83. The number of carbonyl (C=O) groups excluding carboxylic acids is 1. The molecule has 0 bridgehead atoms. The molecule has 0 heterocycles. The monoisotopic (exact) mass is 324 g/mol. The van der Waals surface area contributed by atoms with Crippen LogP contribution in [0, 0.1) is 5.92 Å². The van der Waals surface area contributed by atoms with E-state index in [0.717, 1.165) is 5.56 Å². The van der Waals surface area contributed by atoms with E-state index in [1.165, 1.54) is 0 Å². The molecular formula is C16H25ClN4O. The molecule has 1 rings (SSSR count). The first-order valence-electron chi connectivity index (χ1n) is 7.44. The van der Waals surface area contributed by atoms with Crippen LogP contribution in [0.5, 0.6) is 0 Å². The van der Waals surface area contributed by atoms with Gasteiger partial charge in [-0.2, -0.15) is 0 Å². The van der Waals surface area contributed by atoms with Gasteiger partial charge < -0.3 is 16.0 Å². The van der Waals surface area contributed by atoms with Crippen molar-refractivity contribution >= 4 is 23.5 Å². The third-order valence-corrected chi connectivity index (χ3v) is 3.40. The predicted molar refractivity (Wildman–Crippen MR) is 92.2 cm³/mol. The van der Waals surface area contributed by atoms with Crippen LogP contribution in [0.3, 0.4) is 0 Å². The fraction of sp³-hybridized carbons (Fsp3) is 0.500. The highest BCUT2D eigenvalue weighted by atomic mass is 35.5. The minimum Gasteiger partial charge on any atom is -0.355 e. The maximum absolute atomic E-state index is 11.5. The van der Waals surface area contributed by atoms with E-state index >= 15 is 0 Å². The van der Waals surface area contributed by atoms with Crippen LogP contribution in [0.4, 0.5) is 0 Å². The normalized spacial score (nSPS) is 12.9. The lowest BCUT2D eigenvalue weighted by molar-refractivity contribution is -0.123. The molecule has 1 unspecified atom stereocenters. The van der Waals surface area contributed by atoms with Crippen molar-refractivity contribution < 1.29 is 4.79 Å². The fourth-order valence-corrected chi connectivity index (χ4v) is 2.03. The highest BCUT2D eigenvalue weighted by Gasteiger charge is 2.08. The largest absolute Gasteiger partial charge is 0.355 e. The average molecular weight is 325 g/mol.